The Morgan fingerprint density at radius 1 is 1.41 bits per heavy atom. The Labute approximate surface area is 96.8 Å². The Hall–Kier alpha value is -2.18. The van der Waals surface area contributed by atoms with Crippen LogP contribution in [0.15, 0.2) is 12.1 Å². The van der Waals surface area contributed by atoms with Gasteiger partial charge in [0.1, 0.15) is 5.54 Å². The van der Waals surface area contributed by atoms with E-state index in [-0.39, 0.29) is 5.69 Å². The maximum Gasteiger partial charge on any atom is 0.329 e. The van der Waals surface area contributed by atoms with E-state index in [1.165, 1.54) is 19.2 Å². The molecule has 17 heavy (non-hydrogen) atoms. The van der Waals surface area contributed by atoms with Gasteiger partial charge in [0.05, 0.1) is 7.11 Å². The van der Waals surface area contributed by atoms with Crippen molar-refractivity contribution in [2.24, 2.45) is 0 Å². The summed E-state index contributed by atoms with van der Waals surface area (Å²) in [4.78, 5) is 22.6. The van der Waals surface area contributed by atoms with Crippen LogP contribution in [-0.4, -0.2) is 39.8 Å². The van der Waals surface area contributed by atoms with Gasteiger partial charge in [-0.3, -0.25) is 4.79 Å². The van der Waals surface area contributed by atoms with Crippen molar-refractivity contribution in [3.8, 4) is 5.88 Å². The molecule has 1 aliphatic rings. The fraction of sp³-hybridized carbons (Fsp3) is 0.400. The van der Waals surface area contributed by atoms with Crippen LogP contribution in [0.2, 0.25) is 0 Å². The van der Waals surface area contributed by atoms with Gasteiger partial charge in [-0.15, -0.1) is 10.2 Å². The highest BCUT2D eigenvalue weighted by Gasteiger charge is 2.51. The summed E-state index contributed by atoms with van der Waals surface area (Å²) in [7, 11) is 1.44. The Morgan fingerprint density at radius 3 is 2.53 bits per heavy atom. The van der Waals surface area contributed by atoms with Crippen LogP contribution in [0.3, 0.4) is 0 Å². The number of carbonyl (C=O) groups is 2. The molecule has 0 bridgehead atoms. The highest BCUT2D eigenvalue weighted by molar-refractivity contribution is 5.97. The number of aliphatic carboxylic acids is 1. The Morgan fingerprint density at radius 2 is 2.12 bits per heavy atom. The maximum atomic E-state index is 11.7. The van der Waals surface area contributed by atoms with Crippen LogP contribution in [0, 0.1) is 0 Å². The number of nitrogens with one attached hydrogen (secondary N) is 1. The highest BCUT2D eigenvalue weighted by atomic mass is 16.5. The van der Waals surface area contributed by atoms with Crippen molar-refractivity contribution in [1.82, 2.24) is 15.5 Å². The Bertz CT molecular complexity index is 453. The molecule has 0 aliphatic heterocycles. The van der Waals surface area contributed by atoms with E-state index < -0.39 is 17.4 Å². The average Bonchev–Trinajstić information content (AvgIpc) is 3.10. The molecular weight excluding hydrogens is 226 g/mol. The van der Waals surface area contributed by atoms with Crippen LogP contribution < -0.4 is 10.1 Å². The van der Waals surface area contributed by atoms with Crippen LogP contribution in [0.5, 0.6) is 5.88 Å². The van der Waals surface area contributed by atoms with Crippen molar-refractivity contribution in [1.29, 1.82) is 0 Å². The summed E-state index contributed by atoms with van der Waals surface area (Å²) in [6, 6.07) is 2.92. The normalized spacial score (nSPS) is 16.1. The summed E-state index contributed by atoms with van der Waals surface area (Å²) >= 11 is 0. The fourth-order valence-corrected chi connectivity index (χ4v) is 1.35. The summed E-state index contributed by atoms with van der Waals surface area (Å²) in [5.41, 5.74) is -1.04. The number of methoxy groups -OCH3 is 1. The van der Waals surface area contributed by atoms with Crippen molar-refractivity contribution in [3.63, 3.8) is 0 Å². The number of nitrogens with zero attached hydrogens (tertiary/aromatic N) is 2. The number of aromatic nitrogens is 2. The number of rotatable bonds is 4. The smallest absolute Gasteiger partial charge is 0.329 e. The van der Waals surface area contributed by atoms with Gasteiger partial charge in [-0.05, 0) is 18.9 Å². The van der Waals surface area contributed by atoms with Gasteiger partial charge in [0, 0.05) is 6.07 Å². The number of carboxylic acids is 1. The standard InChI is InChI=1S/C10H11N3O4/c1-17-7-3-2-6(12-13-7)8(14)11-10(4-5-10)9(15)16/h2-3H,4-5H2,1H3,(H,11,14)(H,15,16). The second-order valence-electron chi connectivity index (χ2n) is 3.80. The second kappa shape index (κ2) is 4.00. The molecule has 0 radical (unpaired) electrons. The lowest BCUT2D eigenvalue weighted by Gasteiger charge is -2.11. The van der Waals surface area contributed by atoms with E-state index in [1.54, 1.807) is 0 Å². The molecule has 2 rings (SSSR count). The Balaban J connectivity index is 2.07. The van der Waals surface area contributed by atoms with Gasteiger partial charge >= 0.3 is 5.97 Å². The maximum absolute atomic E-state index is 11.7. The highest BCUT2D eigenvalue weighted by Crippen LogP contribution is 2.35. The largest absolute Gasteiger partial charge is 0.480 e. The number of hydrogen-bond donors (Lipinski definition) is 2. The van der Waals surface area contributed by atoms with Crippen molar-refractivity contribution in [3.05, 3.63) is 17.8 Å². The molecule has 1 aromatic rings. The van der Waals surface area contributed by atoms with Gasteiger partial charge in [0.2, 0.25) is 5.88 Å². The molecule has 0 aromatic carbocycles. The van der Waals surface area contributed by atoms with Crippen molar-refractivity contribution < 1.29 is 19.4 Å². The van der Waals surface area contributed by atoms with Crippen molar-refractivity contribution in [2.75, 3.05) is 7.11 Å². The zero-order valence-corrected chi connectivity index (χ0v) is 9.14. The van der Waals surface area contributed by atoms with Gasteiger partial charge in [-0.25, -0.2) is 4.79 Å². The minimum atomic E-state index is -1.11. The number of carbonyl (C=O) groups excluding carboxylic acids is 1. The SMILES string of the molecule is COc1ccc(C(=O)NC2(C(=O)O)CC2)nn1. The van der Waals surface area contributed by atoms with Crippen LogP contribution in [0.25, 0.3) is 0 Å². The van der Waals surface area contributed by atoms with Gasteiger partial charge in [0.15, 0.2) is 5.69 Å². The van der Waals surface area contributed by atoms with E-state index >= 15 is 0 Å². The molecule has 7 heteroatoms. The second-order valence-corrected chi connectivity index (χ2v) is 3.80. The fourth-order valence-electron chi connectivity index (χ4n) is 1.35. The summed E-state index contributed by atoms with van der Waals surface area (Å²) in [5, 5.41) is 18.6. The summed E-state index contributed by atoms with van der Waals surface area (Å²) in [5.74, 6) is -1.27. The molecule has 0 unspecified atom stereocenters. The predicted octanol–water partition coefficient (Wildman–Crippen LogP) is -0.168. The molecule has 1 fully saturated rings. The molecule has 1 saturated carbocycles. The summed E-state index contributed by atoms with van der Waals surface area (Å²) in [6.07, 6.45) is 0.884. The molecule has 90 valence electrons. The third-order valence-corrected chi connectivity index (χ3v) is 2.59. The number of amides is 1. The van der Waals surface area contributed by atoms with Gasteiger partial charge in [0.25, 0.3) is 5.91 Å². The topological polar surface area (TPSA) is 101 Å². The molecule has 1 aromatic heterocycles. The predicted molar refractivity (Wildman–Crippen MR) is 55.7 cm³/mol. The summed E-state index contributed by atoms with van der Waals surface area (Å²) < 4.78 is 4.80. The van der Waals surface area contributed by atoms with Crippen LogP contribution in [0.4, 0.5) is 0 Å². The van der Waals surface area contributed by atoms with Gasteiger partial charge in [-0.2, -0.15) is 0 Å². The van der Waals surface area contributed by atoms with E-state index in [2.05, 4.69) is 15.5 Å². The van der Waals surface area contributed by atoms with Crippen molar-refractivity contribution >= 4 is 11.9 Å². The lowest BCUT2D eigenvalue weighted by atomic mass is 10.2. The van der Waals surface area contributed by atoms with E-state index in [1.807, 2.05) is 0 Å². The average molecular weight is 237 g/mol. The van der Waals surface area contributed by atoms with Crippen LogP contribution >= 0.6 is 0 Å². The van der Waals surface area contributed by atoms with Crippen molar-refractivity contribution in [2.45, 2.75) is 18.4 Å². The summed E-state index contributed by atoms with van der Waals surface area (Å²) in [6.45, 7) is 0. The lowest BCUT2D eigenvalue weighted by molar-refractivity contribution is -0.140. The van der Waals surface area contributed by atoms with E-state index in [0.29, 0.717) is 18.7 Å². The molecule has 1 aliphatic carbocycles. The first kappa shape index (κ1) is 11.3. The zero-order chi connectivity index (χ0) is 12.5. The molecule has 0 saturated heterocycles. The monoisotopic (exact) mass is 237 g/mol. The molecule has 1 amide bonds. The first-order valence-corrected chi connectivity index (χ1v) is 5.01. The quantitative estimate of drug-likeness (QED) is 0.754. The third kappa shape index (κ3) is 2.17. The van der Waals surface area contributed by atoms with E-state index in [4.69, 9.17) is 9.84 Å². The lowest BCUT2D eigenvalue weighted by Crippen LogP contribution is -2.43. The Kier molecular flexibility index (Phi) is 2.66. The van der Waals surface area contributed by atoms with Gasteiger partial charge in [-0.1, -0.05) is 0 Å². The molecule has 2 N–H and O–H groups in total. The first-order chi connectivity index (χ1) is 8.07. The van der Waals surface area contributed by atoms with E-state index in [0.717, 1.165) is 0 Å². The van der Waals surface area contributed by atoms with E-state index in [9.17, 15) is 9.59 Å². The first-order valence-electron chi connectivity index (χ1n) is 5.01. The van der Waals surface area contributed by atoms with Gasteiger partial charge < -0.3 is 15.2 Å². The molecular formula is C10H11N3O4. The number of carboxylic acid groups (broad SMARTS) is 1. The third-order valence-electron chi connectivity index (χ3n) is 2.59. The number of ether oxygens (including phenoxy) is 1. The van der Waals surface area contributed by atoms with Crippen LogP contribution in [-0.2, 0) is 4.79 Å². The number of hydrogen-bond acceptors (Lipinski definition) is 5. The molecule has 1 heterocycles. The minimum Gasteiger partial charge on any atom is -0.480 e. The van der Waals surface area contributed by atoms with Crippen LogP contribution in [0.1, 0.15) is 23.3 Å². The molecule has 0 spiro atoms. The minimum absolute atomic E-state index is 0.0679. The molecule has 7 nitrogen and oxygen atoms in total. The molecule has 0 atom stereocenters. The zero-order valence-electron chi connectivity index (χ0n) is 9.14.